The Morgan fingerprint density at radius 2 is 1.91 bits per heavy atom. The van der Waals surface area contributed by atoms with E-state index in [9.17, 15) is 22.0 Å². The standard InChI is InChI=1S/C15H10ClF5N2/c16-11-6-13(12(17)5-10(11)15(19,20)21)23-4-2-9-8(7-23)1-3-22-14(9)18/h1,3,5-6H,2,4,7H2. The van der Waals surface area contributed by atoms with Crippen molar-refractivity contribution in [2.24, 2.45) is 0 Å². The van der Waals surface area contributed by atoms with Crippen molar-refractivity contribution in [1.29, 1.82) is 0 Å². The minimum absolute atomic E-state index is 0.0362. The first-order valence-electron chi connectivity index (χ1n) is 6.71. The van der Waals surface area contributed by atoms with E-state index in [1.165, 1.54) is 11.1 Å². The number of anilines is 1. The van der Waals surface area contributed by atoms with Crippen LogP contribution in [0.4, 0.5) is 27.6 Å². The zero-order valence-corrected chi connectivity index (χ0v) is 12.3. The van der Waals surface area contributed by atoms with Gasteiger partial charge in [0, 0.05) is 24.8 Å². The molecule has 0 radical (unpaired) electrons. The fraction of sp³-hybridized carbons (Fsp3) is 0.267. The predicted octanol–water partition coefficient (Wildman–Crippen LogP) is 4.59. The van der Waals surface area contributed by atoms with Crippen LogP contribution in [0.25, 0.3) is 0 Å². The highest BCUT2D eigenvalue weighted by atomic mass is 35.5. The molecule has 1 aliphatic rings. The molecule has 1 aromatic heterocycles. The first kappa shape index (κ1) is 16.0. The number of hydrogen-bond acceptors (Lipinski definition) is 2. The van der Waals surface area contributed by atoms with Gasteiger partial charge in [-0.2, -0.15) is 17.6 Å². The third-order valence-electron chi connectivity index (χ3n) is 3.78. The van der Waals surface area contributed by atoms with Gasteiger partial charge in [-0.1, -0.05) is 11.6 Å². The van der Waals surface area contributed by atoms with Gasteiger partial charge in [0.15, 0.2) is 0 Å². The summed E-state index contributed by atoms with van der Waals surface area (Å²) in [7, 11) is 0. The van der Waals surface area contributed by atoms with E-state index < -0.39 is 28.5 Å². The molecule has 1 aliphatic heterocycles. The Kier molecular flexibility index (Phi) is 3.91. The Morgan fingerprint density at radius 3 is 2.61 bits per heavy atom. The van der Waals surface area contributed by atoms with Crippen LogP contribution in [0.15, 0.2) is 24.4 Å². The molecule has 3 rings (SSSR count). The maximum atomic E-state index is 14.1. The lowest BCUT2D eigenvalue weighted by atomic mass is 10.0. The first-order valence-corrected chi connectivity index (χ1v) is 7.08. The van der Waals surface area contributed by atoms with Gasteiger partial charge in [0.25, 0.3) is 0 Å². The average molecular weight is 349 g/mol. The molecule has 0 unspecified atom stereocenters. The Labute approximate surface area is 133 Å². The lowest BCUT2D eigenvalue weighted by Gasteiger charge is -2.31. The van der Waals surface area contributed by atoms with Crippen LogP contribution < -0.4 is 4.90 Å². The summed E-state index contributed by atoms with van der Waals surface area (Å²) in [6, 6.07) is 2.96. The van der Waals surface area contributed by atoms with Crippen molar-refractivity contribution in [2.75, 3.05) is 11.4 Å². The number of rotatable bonds is 1. The monoisotopic (exact) mass is 348 g/mol. The topological polar surface area (TPSA) is 16.1 Å². The van der Waals surface area contributed by atoms with Crippen LogP contribution in [0.1, 0.15) is 16.7 Å². The number of nitrogens with zero attached hydrogens (tertiary/aromatic N) is 2. The molecule has 2 aromatic rings. The molecule has 8 heteroatoms. The van der Waals surface area contributed by atoms with Crippen LogP contribution in [0, 0.1) is 11.8 Å². The van der Waals surface area contributed by atoms with Crippen molar-refractivity contribution in [3.05, 3.63) is 57.9 Å². The minimum Gasteiger partial charge on any atom is -0.364 e. The number of pyridine rings is 1. The summed E-state index contributed by atoms with van der Waals surface area (Å²) in [6.45, 7) is 0.432. The van der Waals surface area contributed by atoms with Crippen molar-refractivity contribution in [3.63, 3.8) is 0 Å². The summed E-state index contributed by atoms with van der Waals surface area (Å²) >= 11 is 5.65. The van der Waals surface area contributed by atoms with Crippen LogP contribution in [0.2, 0.25) is 5.02 Å². The molecule has 0 fully saturated rings. The molecular formula is C15H10ClF5N2. The van der Waals surface area contributed by atoms with Gasteiger partial charge >= 0.3 is 6.18 Å². The number of aromatic nitrogens is 1. The normalized spacial score (nSPS) is 14.8. The molecule has 0 saturated heterocycles. The van der Waals surface area contributed by atoms with E-state index >= 15 is 0 Å². The molecule has 0 spiro atoms. The van der Waals surface area contributed by atoms with Crippen molar-refractivity contribution < 1.29 is 22.0 Å². The van der Waals surface area contributed by atoms with Gasteiger partial charge in [-0.25, -0.2) is 9.37 Å². The summed E-state index contributed by atoms with van der Waals surface area (Å²) in [5, 5.41) is -0.569. The minimum atomic E-state index is -4.72. The van der Waals surface area contributed by atoms with Crippen molar-refractivity contribution in [1.82, 2.24) is 4.98 Å². The molecule has 0 saturated carbocycles. The van der Waals surface area contributed by atoms with Crippen molar-refractivity contribution >= 4 is 17.3 Å². The summed E-state index contributed by atoms with van der Waals surface area (Å²) in [6.07, 6.45) is -3.14. The Morgan fingerprint density at radius 1 is 1.17 bits per heavy atom. The second kappa shape index (κ2) is 5.63. The van der Waals surface area contributed by atoms with Gasteiger partial charge in [0.2, 0.25) is 5.95 Å². The number of hydrogen-bond donors (Lipinski definition) is 0. The quantitative estimate of drug-likeness (QED) is 0.553. The van der Waals surface area contributed by atoms with Gasteiger partial charge in [-0.3, -0.25) is 0 Å². The van der Waals surface area contributed by atoms with Gasteiger partial charge in [0.05, 0.1) is 16.3 Å². The molecule has 2 heterocycles. The lowest BCUT2D eigenvalue weighted by Crippen LogP contribution is -2.32. The first-order chi connectivity index (χ1) is 10.8. The molecular weight excluding hydrogens is 339 g/mol. The molecule has 1 aromatic carbocycles. The molecule has 0 aliphatic carbocycles. The largest absolute Gasteiger partial charge is 0.417 e. The van der Waals surface area contributed by atoms with E-state index in [1.54, 1.807) is 6.07 Å². The summed E-state index contributed by atoms with van der Waals surface area (Å²) in [4.78, 5) is 5.09. The highest BCUT2D eigenvalue weighted by Crippen LogP contribution is 2.39. The number of fused-ring (bicyclic) bond motifs is 1. The average Bonchev–Trinajstić information content (AvgIpc) is 2.48. The van der Waals surface area contributed by atoms with Gasteiger partial charge in [0.1, 0.15) is 5.82 Å². The second-order valence-electron chi connectivity index (χ2n) is 5.19. The van der Waals surface area contributed by atoms with Crippen LogP contribution >= 0.6 is 11.6 Å². The van der Waals surface area contributed by atoms with Crippen molar-refractivity contribution in [3.8, 4) is 0 Å². The lowest BCUT2D eigenvalue weighted by molar-refractivity contribution is -0.137. The molecule has 0 amide bonds. The SMILES string of the molecule is Fc1cc(C(F)(F)F)c(Cl)cc1N1CCc2c(ccnc2F)C1. The smallest absolute Gasteiger partial charge is 0.364 e. The summed E-state index contributed by atoms with van der Waals surface area (Å²) in [5.41, 5.74) is -0.180. The van der Waals surface area contributed by atoms with E-state index in [0.29, 0.717) is 17.2 Å². The Balaban J connectivity index is 1.96. The van der Waals surface area contributed by atoms with Crippen LogP contribution in [0.5, 0.6) is 0 Å². The fourth-order valence-electron chi connectivity index (χ4n) is 2.65. The summed E-state index contributed by atoms with van der Waals surface area (Å²) < 4.78 is 65.9. The molecule has 0 N–H and O–H groups in total. The van der Waals surface area contributed by atoms with Crippen LogP contribution in [-0.2, 0) is 19.1 Å². The number of alkyl halides is 3. The highest BCUT2D eigenvalue weighted by molar-refractivity contribution is 6.31. The number of benzene rings is 1. The van der Waals surface area contributed by atoms with Gasteiger partial charge in [-0.05, 0) is 30.2 Å². The zero-order chi connectivity index (χ0) is 16.8. The van der Waals surface area contributed by atoms with E-state index in [0.717, 1.165) is 6.07 Å². The third kappa shape index (κ3) is 2.97. The Bertz CT molecular complexity index is 760. The van der Waals surface area contributed by atoms with Crippen LogP contribution in [0.3, 0.4) is 0 Å². The molecule has 0 bridgehead atoms. The Hall–Kier alpha value is -1.89. The van der Waals surface area contributed by atoms with Crippen LogP contribution in [-0.4, -0.2) is 11.5 Å². The van der Waals surface area contributed by atoms with E-state index in [1.807, 2.05) is 0 Å². The predicted molar refractivity (Wildman–Crippen MR) is 75.4 cm³/mol. The van der Waals surface area contributed by atoms with E-state index in [-0.39, 0.29) is 25.2 Å². The third-order valence-corrected chi connectivity index (χ3v) is 4.09. The van der Waals surface area contributed by atoms with Crippen molar-refractivity contribution in [2.45, 2.75) is 19.1 Å². The van der Waals surface area contributed by atoms with Gasteiger partial charge in [-0.15, -0.1) is 0 Å². The fourth-order valence-corrected chi connectivity index (χ4v) is 2.91. The summed E-state index contributed by atoms with van der Waals surface area (Å²) in [5.74, 6) is -1.59. The van der Waals surface area contributed by atoms with E-state index in [4.69, 9.17) is 11.6 Å². The van der Waals surface area contributed by atoms with Gasteiger partial charge < -0.3 is 4.90 Å². The zero-order valence-electron chi connectivity index (χ0n) is 11.6. The molecule has 122 valence electrons. The second-order valence-corrected chi connectivity index (χ2v) is 5.60. The number of halogens is 6. The highest BCUT2D eigenvalue weighted by Gasteiger charge is 2.35. The molecule has 2 nitrogen and oxygen atoms in total. The molecule has 23 heavy (non-hydrogen) atoms. The molecule has 0 atom stereocenters. The maximum absolute atomic E-state index is 14.1. The maximum Gasteiger partial charge on any atom is 0.417 e. The van der Waals surface area contributed by atoms with E-state index in [2.05, 4.69) is 4.98 Å².